The fourth-order valence-electron chi connectivity index (χ4n) is 2.81. The lowest BCUT2D eigenvalue weighted by Crippen LogP contribution is -2.31. The molecule has 23 heavy (non-hydrogen) atoms. The molecular weight excluding hydrogens is 288 g/mol. The smallest absolute Gasteiger partial charge is 0.254 e. The highest BCUT2D eigenvalue weighted by Gasteiger charge is 2.19. The molecule has 0 unspecified atom stereocenters. The first-order valence-electron chi connectivity index (χ1n) is 8.22. The highest BCUT2D eigenvalue weighted by Crippen LogP contribution is 2.26. The summed E-state index contributed by atoms with van der Waals surface area (Å²) in [6.07, 6.45) is 6.49. The van der Waals surface area contributed by atoms with Gasteiger partial charge >= 0.3 is 0 Å². The molecular formula is C19H22N2O2. The Balaban J connectivity index is 1.79. The van der Waals surface area contributed by atoms with Crippen LogP contribution in [0.4, 0.5) is 0 Å². The second-order valence-corrected chi connectivity index (χ2v) is 5.86. The van der Waals surface area contributed by atoms with Gasteiger partial charge in [0.2, 0.25) is 0 Å². The summed E-state index contributed by atoms with van der Waals surface area (Å²) in [7, 11) is 0. The van der Waals surface area contributed by atoms with E-state index in [0.29, 0.717) is 13.2 Å². The van der Waals surface area contributed by atoms with Gasteiger partial charge in [-0.2, -0.15) is 0 Å². The van der Waals surface area contributed by atoms with Crippen LogP contribution in [0.25, 0.3) is 0 Å². The summed E-state index contributed by atoms with van der Waals surface area (Å²) in [5.74, 6) is 1.00. The van der Waals surface area contributed by atoms with Crippen molar-refractivity contribution in [1.82, 2.24) is 9.88 Å². The molecule has 0 bridgehead atoms. The number of amides is 1. The van der Waals surface area contributed by atoms with Crippen LogP contribution in [0.1, 0.15) is 41.3 Å². The van der Waals surface area contributed by atoms with E-state index in [1.807, 2.05) is 35.2 Å². The maximum absolute atomic E-state index is 12.9. The molecule has 4 heteroatoms. The van der Waals surface area contributed by atoms with Crippen LogP contribution in [0.2, 0.25) is 0 Å². The van der Waals surface area contributed by atoms with Gasteiger partial charge in [0.15, 0.2) is 0 Å². The van der Waals surface area contributed by atoms with Crippen LogP contribution in [-0.2, 0) is 13.0 Å². The molecule has 0 atom stereocenters. The van der Waals surface area contributed by atoms with Crippen molar-refractivity contribution in [2.24, 2.45) is 0 Å². The van der Waals surface area contributed by atoms with Crippen molar-refractivity contribution in [3.8, 4) is 5.75 Å². The minimum atomic E-state index is 0.0879. The van der Waals surface area contributed by atoms with E-state index in [0.717, 1.165) is 48.2 Å². The average molecular weight is 310 g/mol. The van der Waals surface area contributed by atoms with E-state index in [9.17, 15) is 4.79 Å². The third-order valence-corrected chi connectivity index (χ3v) is 4.13. The van der Waals surface area contributed by atoms with Crippen molar-refractivity contribution < 1.29 is 9.53 Å². The first-order valence-corrected chi connectivity index (χ1v) is 8.22. The molecule has 0 fully saturated rings. The average Bonchev–Trinajstić information content (AvgIpc) is 3.06. The molecule has 120 valence electrons. The summed E-state index contributed by atoms with van der Waals surface area (Å²) in [5.41, 5.74) is 2.99. The summed E-state index contributed by atoms with van der Waals surface area (Å²) in [5, 5.41) is 0. The maximum atomic E-state index is 12.9. The molecule has 1 aliphatic rings. The van der Waals surface area contributed by atoms with Crippen molar-refractivity contribution in [3.63, 3.8) is 0 Å². The van der Waals surface area contributed by atoms with Crippen LogP contribution in [0, 0.1) is 0 Å². The normalized spacial score (nSPS) is 12.6. The largest absolute Gasteiger partial charge is 0.493 e. The van der Waals surface area contributed by atoms with E-state index in [1.165, 1.54) is 0 Å². The number of hydrogen-bond donors (Lipinski definition) is 0. The van der Waals surface area contributed by atoms with Crippen molar-refractivity contribution in [2.45, 2.75) is 32.7 Å². The zero-order chi connectivity index (χ0) is 16.1. The number of hydrogen-bond acceptors (Lipinski definition) is 3. The molecule has 3 rings (SSSR count). The molecule has 2 heterocycles. The Morgan fingerprint density at radius 1 is 1.26 bits per heavy atom. The first kappa shape index (κ1) is 15.5. The minimum absolute atomic E-state index is 0.0879. The van der Waals surface area contributed by atoms with Gasteiger partial charge in [-0.15, -0.1) is 0 Å². The van der Waals surface area contributed by atoms with Gasteiger partial charge in [0.1, 0.15) is 5.75 Å². The second kappa shape index (κ2) is 7.27. The van der Waals surface area contributed by atoms with E-state index >= 15 is 0 Å². The Hall–Kier alpha value is -2.36. The minimum Gasteiger partial charge on any atom is -0.493 e. The van der Waals surface area contributed by atoms with Gasteiger partial charge in [-0.1, -0.05) is 13.3 Å². The third kappa shape index (κ3) is 3.70. The number of unbranched alkanes of at least 4 members (excludes halogenated alkanes) is 1. The molecule has 1 amide bonds. The number of carbonyl (C=O) groups excluding carboxylic acids is 1. The molecule has 0 saturated heterocycles. The number of fused-ring (bicyclic) bond motifs is 1. The second-order valence-electron chi connectivity index (χ2n) is 5.86. The molecule has 1 aliphatic heterocycles. The van der Waals surface area contributed by atoms with Crippen LogP contribution >= 0.6 is 0 Å². The quantitative estimate of drug-likeness (QED) is 0.820. The van der Waals surface area contributed by atoms with Crippen LogP contribution in [0.15, 0.2) is 42.7 Å². The van der Waals surface area contributed by atoms with Crippen molar-refractivity contribution in [3.05, 3.63) is 59.4 Å². The lowest BCUT2D eigenvalue weighted by atomic mass is 10.1. The first-order chi connectivity index (χ1) is 11.3. The third-order valence-electron chi connectivity index (χ3n) is 4.13. The van der Waals surface area contributed by atoms with Gasteiger partial charge in [0.25, 0.3) is 5.91 Å². The van der Waals surface area contributed by atoms with Gasteiger partial charge in [0, 0.05) is 37.5 Å². The molecule has 1 aromatic carbocycles. The number of benzene rings is 1. The zero-order valence-corrected chi connectivity index (χ0v) is 13.5. The summed E-state index contributed by atoms with van der Waals surface area (Å²) < 4.78 is 5.52. The lowest BCUT2D eigenvalue weighted by Gasteiger charge is -2.23. The topological polar surface area (TPSA) is 42.4 Å². The number of nitrogens with zero attached hydrogens (tertiary/aromatic N) is 2. The molecule has 0 saturated carbocycles. The van der Waals surface area contributed by atoms with Crippen LogP contribution in [0.5, 0.6) is 5.75 Å². The van der Waals surface area contributed by atoms with E-state index in [4.69, 9.17) is 4.74 Å². The summed E-state index contributed by atoms with van der Waals surface area (Å²) >= 11 is 0. The fraction of sp³-hybridized carbons (Fsp3) is 0.368. The number of aromatic nitrogens is 1. The van der Waals surface area contributed by atoms with E-state index in [1.54, 1.807) is 12.4 Å². The van der Waals surface area contributed by atoms with Gasteiger partial charge in [-0.25, -0.2) is 0 Å². The molecule has 2 aromatic rings. The molecule has 4 nitrogen and oxygen atoms in total. The maximum Gasteiger partial charge on any atom is 0.254 e. The Kier molecular flexibility index (Phi) is 4.91. The standard InChI is InChI=1S/C19H22N2O2/c1-2-3-11-21(14-15-6-9-20-10-7-15)19(22)17-4-5-18-16(13-17)8-12-23-18/h4-7,9-10,13H,2-3,8,11-12,14H2,1H3. The van der Waals surface area contributed by atoms with E-state index in [2.05, 4.69) is 11.9 Å². The Morgan fingerprint density at radius 3 is 2.87 bits per heavy atom. The van der Waals surface area contributed by atoms with Crippen molar-refractivity contribution >= 4 is 5.91 Å². The highest BCUT2D eigenvalue weighted by molar-refractivity contribution is 5.94. The van der Waals surface area contributed by atoms with Crippen LogP contribution < -0.4 is 4.74 Å². The summed E-state index contributed by atoms with van der Waals surface area (Å²) in [4.78, 5) is 18.9. The summed E-state index contributed by atoms with van der Waals surface area (Å²) in [6.45, 7) is 4.24. The zero-order valence-electron chi connectivity index (χ0n) is 13.5. The molecule has 0 spiro atoms. The summed E-state index contributed by atoms with van der Waals surface area (Å²) in [6, 6.07) is 9.69. The van der Waals surface area contributed by atoms with E-state index in [-0.39, 0.29) is 5.91 Å². The number of pyridine rings is 1. The van der Waals surface area contributed by atoms with Gasteiger partial charge in [0.05, 0.1) is 6.61 Å². The van der Waals surface area contributed by atoms with Crippen LogP contribution in [-0.4, -0.2) is 28.9 Å². The Morgan fingerprint density at radius 2 is 2.09 bits per heavy atom. The SMILES string of the molecule is CCCCN(Cc1ccncc1)C(=O)c1ccc2c(c1)CCO2. The predicted molar refractivity (Wildman–Crippen MR) is 89.5 cm³/mol. The Labute approximate surface area is 137 Å². The van der Waals surface area contributed by atoms with Crippen molar-refractivity contribution in [2.75, 3.05) is 13.2 Å². The van der Waals surface area contributed by atoms with Gasteiger partial charge < -0.3 is 9.64 Å². The number of carbonyl (C=O) groups is 1. The Bertz CT molecular complexity index is 670. The van der Waals surface area contributed by atoms with E-state index < -0.39 is 0 Å². The van der Waals surface area contributed by atoms with Gasteiger partial charge in [-0.3, -0.25) is 9.78 Å². The molecule has 0 aliphatic carbocycles. The molecule has 0 radical (unpaired) electrons. The molecule has 0 N–H and O–H groups in total. The predicted octanol–water partition coefficient (Wildman–Crippen LogP) is 3.46. The number of ether oxygens (including phenoxy) is 1. The lowest BCUT2D eigenvalue weighted by molar-refractivity contribution is 0.0740. The van der Waals surface area contributed by atoms with Gasteiger partial charge in [-0.05, 0) is 47.9 Å². The fourth-order valence-corrected chi connectivity index (χ4v) is 2.81. The highest BCUT2D eigenvalue weighted by atomic mass is 16.5. The van der Waals surface area contributed by atoms with Crippen molar-refractivity contribution in [1.29, 1.82) is 0 Å². The van der Waals surface area contributed by atoms with Crippen LogP contribution in [0.3, 0.4) is 0 Å². The monoisotopic (exact) mass is 310 g/mol. The molecule has 1 aromatic heterocycles. The number of rotatable bonds is 6.